The average Bonchev–Trinajstić information content (AvgIpc) is 3.02. The summed E-state index contributed by atoms with van der Waals surface area (Å²) in [4.78, 5) is 2.51. The van der Waals surface area contributed by atoms with Gasteiger partial charge < -0.3 is 10.2 Å². The van der Waals surface area contributed by atoms with Crippen molar-refractivity contribution < 1.29 is 0 Å². The molecule has 4 nitrogen and oxygen atoms in total. The highest BCUT2D eigenvalue weighted by Crippen LogP contribution is 2.27. The van der Waals surface area contributed by atoms with Gasteiger partial charge in [0.1, 0.15) is 0 Å². The van der Waals surface area contributed by atoms with Crippen LogP contribution in [0, 0.1) is 6.92 Å². The van der Waals surface area contributed by atoms with Gasteiger partial charge in [0.15, 0.2) is 0 Å². The standard InChI is InChI=1S/C17H24N4/c1-14-16(13-20(2)19-14)12-18-9-5-10-21-11-8-15-6-3-4-7-17(15)21/h3-4,6-7,13,18H,5,8-12H2,1-2H3. The summed E-state index contributed by atoms with van der Waals surface area (Å²) in [6, 6.07) is 8.77. The van der Waals surface area contributed by atoms with E-state index in [1.807, 2.05) is 11.7 Å². The number of hydrogen-bond donors (Lipinski definition) is 1. The van der Waals surface area contributed by atoms with Gasteiger partial charge in [-0.15, -0.1) is 0 Å². The van der Waals surface area contributed by atoms with E-state index in [-0.39, 0.29) is 0 Å². The first kappa shape index (κ1) is 14.1. The average molecular weight is 284 g/mol. The molecule has 0 spiro atoms. The summed E-state index contributed by atoms with van der Waals surface area (Å²) in [5.74, 6) is 0. The summed E-state index contributed by atoms with van der Waals surface area (Å²) in [6.07, 6.45) is 4.46. The zero-order chi connectivity index (χ0) is 14.7. The van der Waals surface area contributed by atoms with E-state index < -0.39 is 0 Å². The Hall–Kier alpha value is -1.81. The van der Waals surface area contributed by atoms with Crippen LogP contribution in [-0.4, -0.2) is 29.4 Å². The van der Waals surface area contributed by atoms with Gasteiger partial charge >= 0.3 is 0 Å². The second kappa shape index (κ2) is 6.31. The molecule has 4 heteroatoms. The van der Waals surface area contributed by atoms with Gasteiger partial charge in [0.2, 0.25) is 0 Å². The Morgan fingerprint density at radius 2 is 2.14 bits per heavy atom. The van der Waals surface area contributed by atoms with E-state index in [4.69, 9.17) is 0 Å². The van der Waals surface area contributed by atoms with E-state index in [1.165, 1.54) is 36.2 Å². The Balaban J connectivity index is 1.40. The third-order valence-electron chi connectivity index (χ3n) is 4.20. The maximum atomic E-state index is 4.37. The zero-order valence-electron chi connectivity index (χ0n) is 13.0. The number of nitrogens with zero attached hydrogens (tertiary/aromatic N) is 3. The van der Waals surface area contributed by atoms with Gasteiger partial charge in [-0.3, -0.25) is 4.68 Å². The van der Waals surface area contributed by atoms with Crippen LogP contribution in [0.15, 0.2) is 30.5 Å². The number of nitrogens with one attached hydrogen (secondary N) is 1. The van der Waals surface area contributed by atoms with Crippen molar-refractivity contribution >= 4 is 5.69 Å². The van der Waals surface area contributed by atoms with Gasteiger partial charge in [-0.2, -0.15) is 5.10 Å². The van der Waals surface area contributed by atoms with Crippen LogP contribution < -0.4 is 10.2 Å². The van der Waals surface area contributed by atoms with E-state index >= 15 is 0 Å². The Kier molecular flexibility index (Phi) is 4.25. The molecule has 1 N–H and O–H groups in total. The molecular weight excluding hydrogens is 260 g/mol. The summed E-state index contributed by atoms with van der Waals surface area (Å²) in [7, 11) is 1.97. The lowest BCUT2D eigenvalue weighted by Gasteiger charge is -2.19. The summed E-state index contributed by atoms with van der Waals surface area (Å²) in [5.41, 5.74) is 5.35. The number of aryl methyl sites for hydroxylation is 2. The lowest BCUT2D eigenvalue weighted by atomic mass is 10.2. The van der Waals surface area contributed by atoms with Crippen molar-refractivity contribution in [2.24, 2.45) is 7.05 Å². The van der Waals surface area contributed by atoms with E-state index in [9.17, 15) is 0 Å². The lowest BCUT2D eigenvalue weighted by molar-refractivity contribution is 0.637. The number of hydrogen-bond acceptors (Lipinski definition) is 3. The number of rotatable bonds is 6. The van der Waals surface area contributed by atoms with Crippen LogP contribution in [0.2, 0.25) is 0 Å². The van der Waals surface area contributed by atoms with Crippen molar-refractivity contribution in [1.82, 2.24) is 15.1 Å². The monoisotopic (exact) mass is 284 g/mol. The molecule has 1 aliphatic heterocycles. The maximum Gasteiger partial charge on any atom is 0.0638 e. The molecule has 1 aliphatic rings. The molecule has 0 saturated heterocycles. The minimum absolute atomic E-state index is 0.913. The molecular formula is C17H24N4. The van der Waals surface area contributed by atoms with Gasteiger partial charge in [0.25, 0.3) is 0 Å². The van der Waals surface area contributed by atoms with Crippen LogP contribution in [0.3, 0.4) is 0 Å². The smallest absolute Gasteiger partial charge is 0.0638 e. The molecule has 0 atom stereocenters. The Labute approximate surface area is 126 Å². The number of benzene rings is 1. The van der Waals surface area contributed by atoms with Crippen molar-refractivity contribution in [2.75, 3.05) is 24.5 Å². The summed E-state index contributed by atoms with van der Waals surface area (Å²) in [6.45, 7) is 6.33. The second-order valence-electron chi connectivity index (χ2n) is 5.81. The summed E-state index contributed by atoms with van der Waals surface area (Å²) < 4.78 is 1.88. The summed E-state index contributed by atoms with van der Waals surface area (Å²) >= 11 is 0. The van der Waals surface area contributed by atoms with Gasteiger partial charge in [-0.1, -0.05) is 18.2 Å². The van der Waals surface area contributed by atoms with E-state index in [2.05, 4.69) is 52.7 Å². The molecule has 21 heavy (non-hydrogen) atoms. The van der Waals surface area contributed by atoms with Crippen molar-refractivity contribution in [3.8, 4) is 0 Å². The van der Waals surface area contributed by atoms with Crippen LogP contribution in [0.5, 0.6) is 0 Å². The largest absolute Gasteiger partial charge is 0.371 e. The predicted molar refractivity (Wildman–Crippen MR) is 86.6 cm³/mol. The highest BCUT2D eigenvalue weighted by molar-refractivity contribution is 5.57. The Bertz CT molecular complexity index is 603. The molecule has 0 amide bonds. The zero-order valence-corrected chi connectivity index (χ0v) is 13.0. The van der Waals surface area contributed by atoms with Crippen LogP contribution >= 0.6 is 0 Å². The molecule has 0 bridgehead atoms. The maximum absolute atomic E-state index is 4.37. The third-order valence-corrected chi connectivity index (χ3v) is 4.20. The molecule has 3 rings (SSSR count). The fraction of sp³-hybridized carbons (Fsp3) is 0.471. The van der Waals surface area contributed by atoms with Crippen molar-refractivity contribution in [3.05, 3.63) is 47.3 Å². The highest BCUT2D eigenvalue weighted by Gasteiger charge is 2.17. The highest BCUT2D eigenvalue weighted by atomic mass is 15.2. The van der Waals surface area contributed by atoms with Gasteiger partial charge in [-0.25, -0.2) is 0 Å². The third kappa shape index (κ3) is 3.27. The fourth-order valence-corrected chi connectivity index (χ4v) is 3.08. The SMILES string of the molecule is Cc1nn(C)cc1CNCCCN1CCc2ccccc21. The van der Waals surface area contributed by atoms with Gasteiger partial charge in [-0.05, 0) is 37.9 Å². The van der Waals surface area contributed by atoms with Crippen molar-refractivity contribution in [2.45, 2.75) is 26.3 Å². The molecule has 2 heterocycles. The van der Waals surface area contributed by atoms with Crippen LogP contribution in [0.1, 0.15) is 23.2 Å². The first-order valence-electron chi connectivity index (χ1n) is 7.77. The van der Waals surface area contributed by atoms with E-state index in [1.54, 1.807) is 0 Å². The molecule has 0 saturated carbocycles. The van der Waals surface area contributed by atoms with Gasteiger partial charge in [0.05, 0.1) is 5.69 Å². The van der Waals surface area contributed by atoms with E-state index in [0.717, 1.165) is 25.3 Å². The number of aromatic nitrogens is 2. The quantitative estimate of drug-likeness (QED) is 0.826. The van der Waals surface area contributed by atoms with Crippen molar-refractivity contribution in [3.63, 3.8) is 0 Å². The number of para-hydroxylation sites is 1. The first-order valence-corrected chi connectivity index (χ1v) is 7.77. The molecule has 1 aromatic carbocycles. The van der Waals surface area contributed by atoms with Crippen molar-refractivity contribution in [1.29, 1.82) is 0 Å². The molecule has 0 unspecified atom stereocenters. The minimum atomic E-state index is 0.913. The molecule has 112 valence electrons. The number of anilines is 1. The molecule has 0 fully saturated rings. The van der Waals surface area contributed by atoms with Crippen LogP contribution in [0.25, 0.3) is 0 Å². The lowest BCUT2D eigenvalue weighted by Crippen LogP contribution is -2.25. The summed E-state index contributed by atoms with van der Waals surface area (Å²) in [5, 5.41) is 7.89. The fourth-order valence-electron chi connectivity index (χ4n) is 3.08. The van der Waals surface area contributed by atoms with Gasteiger partial charge in [0, 0.05) is 44.1 Å². The molecule has 0 radical (unpaired) electrons. The Morgan fingerprint density at radius 1 is 1.29 bits per heavy atom. The normalized spacial score (nSPS) is 13.7. The minimum Gasteiger partial charge on any atom is -0.371 e. The van der Waals surface area contributed by atoms with Crippen LogP contribution in [0.4, 0.5) is 5.69 Å². The molecule has 1 aromatic heterocycles. The van der Waals surface area contributed by atoms with E-state index in [0.29, 0.717) is 0 Å². The molecule has 2 aromatic rings. The number of fused-ring (bicyclic) bond motifs is 1. The van der Waals surface area contributed by atoms with Crippen LogP contribution in [-0.2, 0) is 20.0 Å². The first-order chi connectivity index (χ1) is 10.2. The second-order valence-corrected chi connectivity index (χ2v) is 5.81. The Morgan fingerprint density at radius 3 is 2.95 bits per heavy atom. The predicted octanol–water partition coefficient (Wildman–Crippen LogP) is 2.27. The topological polar surface area (TPSA) is 33.1 Å². The molecule has 0 aliphatic carbocycles.